The minimum Gasteiger partial charge on any atom is -0.465 e. The smallest absolute Gasteiger partial charge is 0.338 e. The van der Waals surface area contributed by atoms with Crippen LogP contribution in [0, 0.1) is 12.8 Å². The van der Waals surface area contributed by atoms with Gasteiger partial charge in [-0.2, -0.15) is 4.31 Å². The summed E-state index contributed by atoms with van der Waals surface area (Å²) in [4.78, 5) is 12.1. The van der Waals surface area contributed by atoms with Gasteiger partial charge in [-0.15, -0.1) is 0 Å². The van der Waals surface area contributed by atoms with E-state index >= 15 is 0 Å². The van der Waals surface area contributed by atoms with Crippen molar-refractivity contribution in [1.82, 2.24) is 4.31 Å². The van der Waals surface area contributed by atoms with Crippen molar-refractivity contribution < 1.29 is 17.9 Å². The molecule has 1 aliphatic heterocycles. The molecule has 0 aliphatic carbocycles. The Hall–Kier alpha value is -2.22. The Labute approximate surface area is 160 Å². The van der Waals surface area contributed by atoms with Gasteiger partial charge in [-0.25, -0.2) is 13.2 Å². The molecule has 1 heterocycles. The monoisotopic (exact) mass is 388 g/mol. The number of ether oxygens (including phenoxy) is 1. The van der Waals surface area contributed by atoms with Crippen LogP contribution in [-0.2, 0) is 14.8 Å². The number of carbonyl (C=O) groups excluding carboxylic acids is 1. The van der Waals surface area contributed by atoms with E-state index in [9.17, 15) is 13.2 Å². The van der Waals surface area contributed by atoms with Crippen LogP contribution in [0.2, 0.25) is 0 Å². The highest BCUT2D eigenvalue weighted by Gasteiger charge is 2.40. The van der Waals surface area contributed by atoms with Gasteiger partial charge in [0.25, 0.3) is 0 Å². The van der Waals surface area contributed by atoms with Crippen LogP contribution in [0.4, 0.5) is 0 Å². The van der Waals surface area contributed by atoms with Crippen LogP contribution in [0.15, 0.2) is 53.4 Å². The van der Waals surface area contributed by atoms with Crippen molar-refractivity contribution in [2.75, 3.05) is 26.7 Å². The Kier molecular flexibility index (Phi) is 5.64. The first-order valence-electron chi connectivity index (χ1n) is 8.83. The second kappa shape index (κ2) is 7.80. The number of carbonyl (C=O) groups is 1. The molecule has 0 aromatic heterocycles. The molecule has 0 bridgehead atoms. The molecular weight excluding hydrogens is 364 g/mol. The van der Waals surface area contributed by atoms with Gasteiger partial charge in [0.2, 0.25) is 10.0 Å². The van der Waals surface area contributed by atoms with Crippen LogP contribution < -0.4 is 5.73 Å². The highest BCUT2D eigenvalue weighted by Crippen LogP contribution is 2.36. The summed E-state index contributed by atoms with van der Waals surface area (Å²) in [5.74, 6) is -0.450. The van der Waals surface area contributed by atoms with Gasteiger partial charge < -0.3 is 10.5 Å². The third kappa shape index (κ3) is 3.63. The zero-order chi connectivity index (χ0) is 19.6. The van der Waals surface area contributed by atoms with Crippen molar-refractivity contribution in [2.24, 2.45) is 11.7 Å². The fraction of sp³-hybridized carbons (Fsp3) is 0.350. The lowest BCUT2D eigenvalue weighted by Gasteiger charge is -2.19. The second-order valence-electron chi connectivity index (χ2n) is 6.76. The third-order valence-electron chi connectivity index (χ3n) is 5.25. The number of esters is 1. The molecule has 1 fully saturated rings. The quantitative estimate of drug-likeness (QED) is 0.793. The van der Waals surface area contributed by atoms with Crippen LogP contribution in [0.1, 0.15) is 27.4 Å². The Bertz CT molecular complexity index is 928. The first-order chi connectivity index (χ1) is 12.9. The summed E-state index contributed by atoms with van der Waals surface area (Å²) in [6, 6.07) is 14.5. The molecule has 0 unspecified atom stereocenters. The zero-order valence-corrected chi connectivity index (χ0v) is 16.3. The molecular formula is C20H24N2O4S. The van der Waals surface area contributed by atoms with Gasteiger partial charge in [-0.05, 0) is 42.6 Å². The zero-order valence-electron chi connectivity index (χ0n) is 15.5. The van der Waals surface area contributed by atoms with Crippen molar-refractivity contribution >= 4 is 16.0 Å². The maximum absolute atomic E-state index is 13.3. The highest BCUT2D eigenvalue weighted by molar-refractivity contribution is 7.89. The van der Waals surface area contributed by atoms with Crippen molar-refractivity contribution in [1.29, 1.82) is 0 Å². The molecule has 0 radical (unpaired) electrons. The van der Waals surface area contributed by atoms with Crippen LogP contribution >= 0.6 is 0 Å². The van der Waals surface area contributed by atoms with Gasteiger partial charge in [0.15, 0.2) is 0 Å². The number of hydrogen-bond acceptors (Lipinski definition) is 5. The second-order valence-corrected chi connectivity index (χ2v) is 8.66. The maximum atomic E-state index is 13.3. The van der Waals surface area contributed by atoms with Gasteiger partial charge in [0.05, 0.1) is 17.6 Å². The summed E-state index contributed by atoms with van der Waals surface area (Å²) >= 11 is 0. The lowest BCUT2D eigenvalue weighted by molar-refractivity contribution is 0.0599. The predicted octanol–water partition coefficient (Wildman–Crippen LogP) is 2.14. The van der Waals surface area contributed by atoms with Crippen LogP contribution in [-0.4, -0.2) is 45.4 Å². The molecule has 0 saturated carbocycles. The van der Waals surface area contributed by atoms with Crippen molar-refractivity contribution in [2.45, 2.75) is 17.7 Å². The highest BCUT2D eigenvalue weighted by atomic mass is 32.2. The standard InChI is InChI=1S/C20H24N2O4S/c1-14-17(20(23)26-2)9-6-10-19(14)27(24,25)22-12-16(11-21)18(13-22)15-7-4-3-5-8-15/h3-10,16,18H,11-13,21H2,1-2H3/t16-,18+/m1/s1. The van der Waals surface area contributed by atoms with E-state index in [2.05, 4.69) is 0 Å². The van der Waals surface area contributed by atoms with E-state index in [0.29, 0.717) is 25.2 Å². The third-order valence-corrected chi connectivity index (χ3v) is 7.22. The van der Waals surface area contributed by atoms with E-state index in [1.165, 1.54) is 17.5 Å². The summed E-state index contributed by atoms with van der Waals surface area (Å²) < 4.78 is 32.8. The van der Waals surface area contributed by atoms with Crippen LogP contribution in [0.5, 0.6) is 0 Å². The Morgan fingerprint density at radius 2 is 1.85 bits per heavy atom. The van der Waals surface area contributed by atoms with Crippen molar-refractivity contribution in [3.63, 3.8) is 0 Å². The first kappa shape index (κ1) is 19.5. The Morgan fingerprint density at radius 3 is 2.48 bits per heavy atom. The summed E-state index contributed by atoms with van der Waals surface area (Å²) in [5.41, 5.74) is 7.68. The topological polar surface area (TPSA) is 89.7 Å². The molecule has 6 nitrogen and oxygen atoms in total. The molecule has 0 amide bonds. The summed E-state index contributed by atoms with van der Waals surface area (Å²) in [6.07, 6.45) is 0. The Balaban J connectivity index is 1.96. The number of nitrogens with zero attached hydrogens (tertiary/aromatic N) is 1. The largest absolute Gasteiger partial charge is 0.465 e. The van der Waals surface area contributed by atoms with E-state index in [1.54, 1.807) is 19.1 Å². The number of sulfonamides is 1. The van der Waals surface area contributed by atoms with Gasteiger partial charge in [-0.3, -0.25) is 0 Å². The molecule has 2 aromatic rings. The number of nitrogens with two attached hydrogens (primary N) is 1. The number of methoxy groups -OCH3 is 1. The normalized spacial score (nSPS) is 20.6. The van der Waals surface area contributed by atoms with Crippen LogP contribution in [0.3, 0.4) is 0 Å². The summed E-state index contributed by atoms with van der Waals surface area (Å²) in [5, 5.41) is 0. The fourth-order valence-corrected chi connectivity index (χ4v) is 5.48. The molecule has 3 rings (SSSR count). The minimum absolute atomic E-state index is 0.0475. The van der Waals surface area contributed by atoms with E-state index in [-0.39, 0.29) is 22.3 Å². The van der Waals surface area contributed by atoms with Gasteiger partial charge in [0, 0.05) is 19.0 Å². The summed E-state index contributed by atoms with van der Waals surface area (Å²) in [6.45, 7) is 2.77. The molecule has 1 saturated heterocycles. The molecule has 2 N–H and O–H groups in total. The number of hydrogen-bond donors (Lipinski definition) is 1. The molecule has 144 valence electrons. The van der Waals surface area contributed by atoms with E-state index in [0.717, 1.165) is 5.56 Å². The lowest BCUT2D eigenvalue weighted by atomic mass is 9.89. The maximum Gasteiger partial charge on any atom is 0.338 e. The molecule has 1 aliphatic rings. The van der Waals surface area contributed by atoms with Gasteiger partial charge >= 0.3 is 5.97 Å². The predicted molar refractivity (Wildman–Crippen MR) is 103 cm³/mol. The van der Waals surface area contributed by atoms with E-state index in [1.807, 2.05) is 30.3 Å². The molecule has 7 heteroatoms. The number of rotatable bonds is 5. The lowest BCUT2D eigenvalue weighted by Crippen LogP contribution is -2.30. The van der Waals surface area contributed by atoms with Crippen molar-refractivity contribution in [3.8, 4) is 0 Å². The first-order valence-corrected chi connectivity index (χ1v) is 10.3. The SMILES string of the molecule is COC(=O)c1cccc(S(=O)(=O)N2C[C@@H](CN)[C@H](c3ccccc3)C2)c1C. The molecule has 2 atom stereocenters. The average Bonchev–Trinajstić information content (AvgIpc) is 3.13. The van der Waals surface area contributed by atoms with Gasteiger partial charge in [0.1, 0.15) is 0 Å². The molecule has 0 spiro atoms. The average molecular weight is 388 g/mol. The fourth-order valence-electron chi connectivity index (χ4n) is 3.71. The Morgan fingerprint density at radius 1 is 1.15 bits per heavy atom. The van der Waals surface area contributed by atoms with E-state index in [4.69, 9.17) is 10.5 Å². The van der Waals surface area contributed by atoms with Crippen molar-refractivity contribution in [3.05, 3.63) is 65.2 Å². The van der Waals surface area contributed by atoms with Crippen LogP contribution in [0.25, 0.3) is 0 Å². The van der Waals surface area contributed by atoms with E-state index < -0.39 is 16.0 Å². The minimum atomic E-state index is -3.75. The molecule has 27 heavy (non-hydrogen) atoms. The molecule has 2 aromatic carbocycles. The van der Waals surface area contributed by atoms with Gasteiger partial charge in [-0.1, -0.05) is 36.4 Å². The summed E-state index contributed by atoms with van der Waals surface area (Å²) in [7, 11) is -2.47. The number of benzene rings is 2.